The van der Waals surface area contributed by atoms with Crippen LogP contribution in [0, 0.1) is 5.41 Å². The number of alkyl halides is 8. The van der Waals surface area contributed by atoms with Gasteiger partial charge in [0.15, 0.2) is 0 Å². The largest absolute Gasteiger partial charge is 0.372 e. The number of carbonyl (C=O) groups is 2. The van der Waals surface area contributed by atoms with Gasteiger partial charge in [0.1, 0.15) is 25.1 Å². The molecule has 0 aromatic carbocycles. The molecule has 47 heavy (non-hydrogen) atoms. The Labute approximate surface area is 365 Å². The Bertz CT molecular complexity index is 1130. The van der Waals surface area contributed by atoms with Crippen molar-refractivity contribution in [1.29, 1.82) is 0 Å². The van der Waals surface area contributed by atoms with E-state index in [1.54, 1.807) is 37.4 Å². The van der Waals surface area contributed by atoms with Gasteiger partial charge in [-0.3, -0.25) is 9.59 Å². The number of hydrogen-bond acceptors (Lipinski definition) is 8. The van der Waals surface area contributed by atoms with Crippen LogP contribution >= 0.6 is 174 Å². The molecule has 0 fully saturated rings. The number of hydrogen-bond donors (Lipinski definition) is 0. The number of ether oxygens (including phenoxy) is 2. The summed E-state index contributed by atoms with van der Waals surface area (Å²) in [7, 11) is 0. The van der Waals surface area contributed by atoms with Crippen molar-refractivity contribution in [2.75, 3.05) is 47.7 Å². The SMILES string of the molecule is C=C(C)C(=O)SCCSCCOC1C(Br)(Br)C=C(C(C)(C)C2=CC(Br)(Br)C(OCCSCCSC(=O)C(=C)C)C(Br)(Br)C2)CC1(Br)Br. The van der Waals surface area contributed by atoms with Gasteiger partial charge in [-0.2, -0.15) is 23.5 Å². The van der Waals surface area contributed by atoms with E-state index in [9.17, 15) is 9.59 Å². The average Bonchev–Trinajstić information content (AvgIpc) is 2.92. The lowest BCUT2D eigenvalue weighted by atomic mass is 9.69. The van der Waals surface area contributed by atoms with Crippen molar-refractivity contribution < 1.29 is 19.1 Å². The average molecular weight is 1240 g/mol. The van der Waals surface area contributed by atoms with Crippen molar-refractivity contribution in [1.82, 2.24) is 0 Å². The second-order valence-electron chi connectivity index (χ2n) is 11.7. The minimum absolute atomic E-state index is 0.0562. The van der Waals surface area contributed by atoms with E-state index in [2.05, 4.69) is 167 Å². The predicted octanol–water partition coefficient (Wildman–Crippen LogP) is 12.5. The summed E-state index contributed by atoms with van der Waals surface area (Å²) in [5.41, 5.74) is 3.35. The third-order valence-corrected chi connectivity index (χ3v) is 17.1. The molecule has 0 N–H and O–H groups in total. The van der Waals surface area contributed by atoms with Crippen molar-refractivity contribution in [3.8, 4) is 0 Å². The molecule has 2 rings (SSSR count). The Kier molecular flexibility index (Phi) is 20.2. The Hall–Kier alpha value is 3.46. The molecule has 16 heteroatoms. The van der Waals surface area contributed by atoms with E-state index in [-0.39, 0.29) is 27.9 Å². The van der Waals surface area contributed by atoms with Crippen LogP contribution in [-0.2, 0) is 19.1 Å². The molecule has 0 amide bonds. The topological polar surface area (TPSA) is 52.6 Å². The van der Waals surface area contributed by atoms with Crippen molar-refractivity contribution in [2.45, 2.75) is 65.7 Å². The van der Waals surface area contributed by atoms with Gasteiger partial charge in [-0.25, -0.2) is 0 Å². The van der Waals surface area contributed by atoms with Crippen LogP contribution in [0.25, 0.3) is 0 Å². The number of carbonyl (C=O) groups excluding carboxylic acids is 2. The fourth-order valence-corrected chi connectivity index (χ4v) is 16.9. The Morgan fingerprint density at radius 3 is 1.34 bits per heavy atom. The van der Waals surface area contributed by atoms with Gasteiger partial charge in [-0.05, 0) is 37.8 Å². The monoisotopic (exact) mass is 1240 g/mol. The maximum absolute atomic E-state index is 11.7. The molecule has 0 radical (unpaired) electrons. The zero-order valence-corrected chi connectivity index (χ0v) is 42.5. The molecule has 4 nitrogen and oxygen atoms in total. The molecule has 268 valence electrons. The minimum atomic E-state index is -0.610. The molecule has 2 aliphatic rings. The Morgan fingerprint density at radius 1 is 0.702 bits per heavy atom. The van der Waals surface area contributed by atoms with Crippen LogP contribution < -0.4 is 0 Å². The summed E-state index contributed by atoms with van der Waals surface area (Å²) in [4.78, 5) is 23.5. The molecule has 0 heterocycles. The minimum Gasteiger partial charge on any atom is -0.372 e. The van der Waals surface area contributed by atoms with E-state index in [0.29, 0.717) is 24.4 Å². The molecule has 0 aromatic rings. The predicted molar refractivity (Wildman–Crippen MR) is 240 cm³/mol. The van der Waals surface area contributed by atoms with E-state index in [0.717, 1.165) is 47.4 Å². The molecule has 0 spiro atoms. The van der Waals surface area contributed by atoms with Crippen molar-refractivity contribution in [3.63, 3.8) is 0 Å². The highest BCUT2D eigenvalue weighted by atomic mass is 79.9. The first-order valence-corrected chi connectivity index (χ1v) is 25.2. The normalized spacial score (nSPS) is 23.1. The zero-order chi connectivity index (χ0) is 35.8. The lowest BCUT2D eigenvalue weighted by Gasteiger charge is -2.49. The van der Waals surface area contributed by atoms with Crippen LogP contribution in [0.15, 0.2) is 47.6 Å². The number of allylic oxidation sites excluding steroid dienone is 2. The maximum atomic E-state index is 11.7. The van der Waals surface area contributed by atoms with Gasteiger partial charge in [0.25, 0.3) is 0 Å². The van der Waals surface area contributed by atoms with Crippen LogP contribution in [0.3, 0.4) is 0 Å². The zero-order valence-electron chi connectivity index (χ0n) is 26.6. The van der Waals surface area contributed by atoms with Gasteiger partial charge in [-0.15, -0.1) is 0 Å². The highest BCUT2D eigenvalue weighted by molar-refractivity contribution is 9.27. The van der Waals surface area contributed by atoms with Crippen molar-refractivity contribution in [2.24, 2.45) is 5.41 Å². The molecule has 2 aliphatic carbocycles. The summed E-state index contributed by atoms with van der Waals surface area (Å²) in [6.45, 7) is 16.6. The van der Waals surface area contributed by atoms with E-state index >= 15 is 0 Å². The first-order chi connectivity index (χ1) is 21.5. The van der Waals surface area contributed by atoms with Gasteiger partial charge in [0, 0.05) is 39.9 Å². The standard InChI is InChI=1S/C31H40Br8O4S4/c1-19(2)23(40)46-13-11-44-9-7-42-25-28(32,33)15-21(16-29(25,34)35)27(5,6)22-17-30(36,37)26(31(38,39)18-22)43-8-10-45-12-14-47-24(41)20(3)4/h15,17,25-26H,1,3,7-14,16,18H2,2,4-6H3. The molecular weight excluding hydrogens is 1200 g/mol. The maximum Gasteiger partial charge on any atom is 0.214 e. The third-order valence-electron chi connectivity index (χ3n) is 7.30. The van der Waals surface area contributed by atoms with Crippen molar-refractivity contribution >= 4 is 185 Å². The Morgan fingerprint density at radius 2 is 1.04 bits per heavy atom. The van der Waals surface area contributed by atoms with Crippen LogP contribution in [0.4, 0.5) is 0 Å². The second kappa shape index (κ2) is 20.4. The lowest BCUT2D eigenvalue weighted by Crippen LogP contribution is -2.51. The van der Waals surface area contributed by atoms with E-state index < -0.39 is 12.9 Å². The summed E-state index contributed by atoms with van der Waals surface area (Å²) < 4.78 is 10.6. The van der Waals surface area contributed by atoms with Crippen LogP contribution in [0.1, 0.15) is 40.5 Å². The van der Waals surface area contributed by atoms with E-state index in [4.69, 9.17) is 9.47 Å². The first-order valence-electron chi connectivity index (χ1n) is 14.5. The molecule has 0 bridgehead atoms. The van der Waals surface area contributed by atoms with Crippen LogP contribution in [0.5, 0.6) is 0 Å². The van der Waals surface area contributed by atoms with Crippen LogP contribution in [0.2, 0.25) is 0 Å². The fourth-order valence-electron chi connectivity index (χ4n) is 4.74. The van der Waals surface area contributed by atoms with Gasteiger partial charge in [-0.1, -0.05) is 201 Å². The highest BCUT2D eigenvalue weighted by Gasteiger charge is 2.55. The summed E-state index contributed by atoms with van der Waals surface area (Å²) in [6, 6.07) is 0. The van der Waals surface area contributed by atoms with Gasteiger partial charge >= 0.3 is 0 Å². The summed E-state index contributed by atoms with van der Waals surface area (Å²) in [5, 5.41) is 0.112. The van der Waals surface area contributed by atoms with E-state index in [1.807, 2.05) is 0 Å². The molecule has 2 unspecified atom stereocenters. The van der Waals surface area contributed by atoms with Crippen LogP contribution in [-0.4, -0.2) is 83.1 Å². The van der Waals surface area contributed by atoms with Gasteiger partial charge < -0.3 is 9.47 Å². The fraction of sp³-hybridized carbons (Fsp3) is 0.677. The summed E-state index contributed by atoms with van der Waals surface area (Å²) >= 11 is 37.8. The summed E-state index contributed by atoms with van der Waals surface area (Å²) in [6.07, 6.45) is 5.43. The molecular formula is C31H40Br8O4S4. The number of halogens is 8. The number of rotatable bonds is 18. The molecule has 0 aromatic heterocycles. The van der Waals surface area contributed by atoms with E-state index in [1.165, 1.54) is 34.7 Å². The Balaban J connectivity index is 2.04. The highest BCUT2D eigenvalue weighted by Crippen LogP contribution is 2.60. The molecule has 0 saturated carbocycles. The quantitative estimate of drug-likeness (QED) is 0.0582. The lowest BCUT2D eigenvalue weighted by molar-refractivity contribution is -0.108. The first kappa shape index (κ1) is 46.6. The van der Waals surface area contributed by atoms with Gasteiger partial charge in [0.2, 0.25) is 10.2 Å². The molecule has 2 atom stereocenters. The smallest absolute Gasteiger partial charge is 0.214 e. The number of thioether (sulfide) groups is 4. The third kappa shape index (κ3) is 14.6. The second-order valence-corrected chi connectivity index (χ2v) is 31.5. The van der Waals surface area contributed by atoms with Gasteiger partial charge in [0.05, 0.1) is 13.2 Å². The molecule has 0 aliphatic heterocycles. The molecule has 0 saturated heterocycles. The van der Waals surface area contributed by atoms with Crippen molar-refractivity contribution in [3.05, 3.63) is 47.6 Å². The summed E-state index contributed by atoms with van der Waals surface area (Å²) in [5.74, 6) is 4.93.